The zero-order valence-corrected chi connectivity index (χ0v) is 18.1. The van der Waals surface area contributed by atoms with Gasteiger partial charge in [-0.05, 0) is 54.1 Å². The van der Waals surface area contributed by atoms with Crippen LogP contribution in [0.1, 0.15) is 11.1 Å². The molecule has 30 heavy (non-hydrogen) atoms. The van der Waals surface area contributed by atoms with Crippen molar-refractivity contribution in [2.75, 3.05) is 19.0 Å². The van der Waals surface area contributed by atoms with Gasteiger partial charge < -0.3 is 14.8 Å². The number of carbonyl (C=O) groups excluding carboxylic acids is 1. The predicted octanol–water partition coefficient (Wildman–Crippen LogP) is 4.60. The summed E-state index contributed by atoms with van der Waals surface area (Å²) in [6.07, 6.45) is 1.57. The highest BCUT2D eigenvalue weighted by molar-refractivity contribution is 9.10. The Hall–Kier alpha value is -3.32. The molecule has 0 aliphatic heterocycles. The third kappa shape index (κ3) is 6.63. The summed E-state index contributed by atoms with van der Waals surface area (Å²) in [6, 6.07) is 22.8. The number of anilines is 1. The molecule has 2 N–H and O–H groups in total. The van der Waals surface area contributed by atoms with E-state index in [0.29, 0.717) is 12.4 Å². The van der Waals surface area contributed by atoms with Crippen LogP contribution in [-0.2, 0) is 11.4 Å². The van der Waals surface area contributed by atoms with E-state index in [1.54, 1.807) is 13.3 Å². The molecule has 6 nitrogen and oxygen atoms in total. The zero-order chi connectivity index (χ0) is 21.2. The normalized spacial score (nSPS) is 10.6. The van der Waals surface area contributed by atoms with E-state index in [-0.39, 0.29) is 12.5 Å². The molecule has 3 aromatic carbocycles. The van der Waals surface area contributed by atoms with Crippen LogP contribution in [0.4, 0.5) is 5.69 Å². The molecule has 0 aromatic heterocycles. The number of nitrogens with zero attached hydrogens (tertiary/aromatic N) is 1. The SMILES string of the molecule is COc1ccc(NCC(=O)NN=Cc2ccccc2OCc2ccc(Br)cc2)cc1. The Morgan fingerprint density at radius 2 is 1.77 bits per heavy atom. The standard InChI is InChI=1S/C23H22BrN3O3/c1-29-21-12-10-20(11-13-21)25-15-23(28)27-26-14-18-4-2-3-5-22(18)30-16-17-6-8-19(24)9-7-17/h2-14,25H,15-16H2,1H3,(H,27,28). The fourth-order valence-corrected chi connectivity index (χ4v) is 2.83. The molecule has 0 saturated carbocycles. The fourth-order valence-electron chi connectivity index (χ4n) is 2.56. The second-order valence-corrected chi connectivity index (χ2v) is 7.24. The molecule has 0 aliphatic rings. The van der Waals surface area contributed by atoms with E-state index in [2.05, 4.69) is 31.8 Å². The molecule has 7 heteroatoms. The Labute approximate surface area is 184 Å². The Balaban J connectivity index is 1.50. The highest BCUT2D eigenvalue weighted by Crippen LogP contribution is 2.18. The van der Waals surface area contributed by atoms with E-state index in [9.17, 15) is 4.79 Å². The first-order chi connectivity index (χ1) is 14.6. The van der Waals surface area contributed by atoms with Crippen LogP contribution in [0.25, 0.3) is 0 Å². The summed E-state index contributed by atoms with van der Waals surface area (Å²) < 4.78 is 12.0. The van der Waals surface area contributed by atoms with Gasteiger partial charge in [0.2, 0.25) is 0 Å². The molecular formula is C23H22BrN3O3. The Morgan fingerprint density at radius 3 is 2.50 bits per heavy atom. The fraction of sp³-hybridized carbons (Fsp3) is 0.130. The maximum atomic E-state index is 12.0. The van der Waals surface area contributed by atoms with Crippen LogP contribution < -0.4 is 20.2 Å². The first-order valence-electron chi connectivity index (χ1n) is 9.30. The van der Waals surface area contributed by atoms with Gasteiger partial charge in [0.15, 0.2) is 0 Å². The lowest BCUT2D eigenvalue weighted by Gasteiger charge is -2.09. The number of para-hydroxylation sites is 1. The average Bonchev–Trinajstić information content (AvgIpc) is 2.78. The Morgan fingerprint density at radius 1 is 1.03 bits per heavy atom. The monoisotopic (exact) mass is 467 g/mol. The third-order valence-electron chi connectivity index (χ3n) is 4.16. The van der Waals surface area contributed by atoms with Gasteiger partial charge in [-0.25, -0.2) is 5.43 Å². The lowest BCUT2D eigenvalue weighted by molar-refractivity contribution is -0.119. The molecular weight excluding hydrogens is 446 g/mol. The molecule has 0 bridgehead atoms. The molecule has 0 radical (unpaired) electrons. The number of ether oxygens (including phenoxy) is 2. The van der Waals surface area contributed by atoms with Crippen molar-refractivity contribution in [3.63, 3.8) is 0 Å². The van der Waals surface area contributed by atoms with Crippen molar-refractivity contribution in [3.8, 4) is 11.5 Å². The lowest BCUT2D eigenvalue weighted by atomic mass is 10.2. The van der Waals surface area contributed by atoms with Crippen molar-refractivity contribution >= 4 is 33.7 Å². The molecule has 1 amide bonds. The Bertz CT molecular complexity index is 989. The highest BCUT2D eigenvalue weighted by atomic mass is 79.9. The molecule has 3 rings (SSSR count). The van der Waals surface area contributed by atoms with Crippen LogP contribution in [0.2, 0.25) is 0 Å². The Kier molecular flexibility index (Phi) is 7.86. The van der Waals surface area contributed by atoms with Gasteiger partial charge in [-0.1, -0.05) is 40.2 Å². The number of hydrogen-bond acceptors (Lipinski definition) is 5. The molecule has 0 unspecified atom stereocenters. The predicted molar refractivity (Wildman–Crippen MR) is 122 cm³/mol. The quantitative estimate of drug-likeness (QED) is 0.356. The number of benzene rings is 3. The number of nitrogens with one attached hydrogen (secondary N) is 2. The number of amides is 1. The van der Waals surface area contributed by atoms with Crippen molar-refractivity contribution < 1.29 is 14.3 Å². The van der Waals surface area contributed by atoms with Crippen LogP contribution in [0.3, 0.4) is 0 Å². The minimum absolute atomic E-state index is 0.103. The minimum Gasteiger partial charge on any atom is -0.497 e. The highest BCUT2D eigenvalue weighted by Gasteiger charge is 2.03. The van der Waals surface area contributed by atoms with E-state index in [4.69, 9.17) is 9.47 Å². The largest absolute Gasteiger partial charge is 0.497 e. The van der Waals surface area contributed by atoms with Crippen molar-refractivity contribution in [1.29, 1.82) is 0 Å². The van der Waals surface area contributed by atoms with Gasteiger partial charge in [-0.2, -0.15) is 5.10 Å². The van der Waals surface area contributed by atoms with Crippen LogP contribution in [0, 0.1) is 0 Å². The van der Waals surface area contributed by atoms with E-state index < -0.39 is 0 Å². The summed E-state index contributed by atoms with van der Waals surface area (Å²) >= 11 is 3.42. The summed E-state index contributed by atoms with van der Waals surface area (Å²) in [5, 5.41) is 7.07. The summed E-state index contributed by atoms with van der Waals surface area (Å²) in [5.41, 5.74) is 5.17. The van der Waals surface area contributed by atoms with Gasteiger partial charge >= 0.3 is 0 Å². The van der Waals surface area contributed by atoms with Gasteiger partial charge in [0.1, 0.15) is 18.1 Å². The number of halogens is 1. The smallest absolute Gasteiger partial charge is 0.259 e. The first kappa shape index (κ1) is 21.4. The summed E-state index contributed by atoms with van der Waals surface area (Å²) in [4.78, 5) is 12.0. The van der Waals surface area contributed by atoms with Crippen LogP contribution >= 0.6 is 15.9 Å². The van der Waals surface area contributed by atoms with E-state index in [0.717, 1.165) is 27.0 Å². The number of methoxy groups -OCH3 is 1. The molecule has 154 valence electrons. The van der Waals surface area contributed by atoms with Crippen molar-refractivity contribution in [2.45, 2.75) is 6.61 Å². The number of rotatable bonds is 9. The van der Waals surface area contributed by atoms with E-state index >= 15 is 0 Å². The molecule has 0 spiro atoms. The average molecular weight is 468 g/mol. The summed E-state index contributed by atoms with van der Waals surface area (Å²) in [7, 11) is 1.61. The topological polar surface area (TPSA) is 72.0 Å². The zero-order valence-electron chi connectivity index (χ0n) is 16.5. The van der Waals surface area contributed by atoms with Crippen LogP contribution in [0.5, 0.6) is 11.5 Å². The third-order valence-corrected chi connectivity index (χ3v) is 4.69. The van der Waals surface area contributed by atoms with Crippen LogP contribution in [-0.4, -0.2) is 25.8 Å². The number of hydrogen-bond donors (Lipinski definition) is 2. The summed E-state index contributed by atoms with van der Waals surface area (Å²) in [6.45, 7) is 0.543. The van der Waals surface area contributed by atoms with Gasteiger partial charge in [0.05, 0.1) is 19.9 Å². The maximum Gasteiger partial charge on any atom is 0.259 e. The molecule has 3 aromatic rings. The van der Waals surface area contributed by atoms with Crippen molar-refractivity contribution in [1.82, 2.24) is 5.43 Å². The number of hydrazone groups is 1. The molecule has 0 aliphatic carbocycles. The molecule has 0 heterocycles. The van der Waals surface area contributed by atoms with E-state index in [1.165, 1.54) is 0 Å². The number of carbonyl (C=O) groups is 1. The van der Waals surface area contributed by atoms with Gasteiger partial charge in [-0.3, -0.25) is 4.79 Å². The molecule has 0 atom stereocenters. The van der Waals surface area contributed by atoms with Crippen molar-refractivity contribution in [2.24, 2.45) is 5.10 Å². The van der Waals surface area contributed by atoms with E-state index in [1.807, 2.05) is 72.8 Å². The van der Waals surface area contributed by atoms with Gasteiger partial charge in [-0.15, -0.1) is 0 Å². The second-order valence-electron chi connectivity index (χ2n) is 6.33. The van der Waals surface area contributed by atoms with Crippen molar-refractivity contribution in [3.05, 3.63) is 88.4 Å². The lowest BCUT2D eigenvalue weighted by Crippen LogP contribution is -2.25. The van der Waals surface area contributed by atoms with Gasteiger partial charge in [0, 0.05) is 15.7 Å². The van der Waals surface area contributed by atoms with Gasteiger partial charge in [0.25, 0.3) is 5.91 Å². The summed E-state index contributed by atoms with van der Waals surface area (Å²) in [5.74, 6) is 1.20. The van der Waals surface area contributed by atoms with Crippen LogP contribution in [0.15, 0.2) is 82.4 Å². The molecule has 0 saturated heterocycles. The molecule has 0 fully saturated rings. The second kappa shape index (κ2) is 11.0. The first-order valence-corrected chi connectivity index (χ1v) is 10.1. The minimum atomic E-state index is -0.254. The maximum absolute atomic E-state index is 12.0.